The average molecular weight is 320 g/mol. The molecule has 4 nitrogen and oxygen atoms in total. The van der Waals surface area contributed by atoms with E-state index in [9.17, 15) is 9.59 Å². The summed E-state index contributed by atoms with van der Waals surface area (Å²) in [5, 5.41) is 0. The van der Waals surface area contributed by atoms with E-state index >= 15 is 0 Å². The Kier molecular flexibility index (Phi) is 7.27. The van der Waals surface area contributed by atoms with Crippen molar-refractivity contribution >= 4 is 11.8 Å². The second kappa shape index (κ2) is 8.70. The highest BCUT2D eigenvalue weighted by Gasteiger charge is 2.37. The molecule has 0 N–H and O–H groups in total. The van der Waals surface area contributed by atoms with Crippen molar-refractivity contribution in [3.05, 3.63) is 35.6 Å². The first kappa shape index (κ1) is 19.2. The number of hydrogen-bond donors (Lipinski definition) is 0. The van der Waals surface area contributed by atoms with Gasteiger partial charge in [-0.3, -0.25) is 4.79 Å². The minimum absolute atomic E-state index is 0.0532. The van der Waals surface area contributed by atoms with Crippen molar-refractivity contribution in [2.24, 2.45) is 5.92 Å². The lowest BCUT2D eigenvalue weighted by Gasteiger charge is -2.29. The third-order valence-corrected chi connectivity index (χ3v) is 4.23. The predicted octanol–water partition coefficient (Wildman–Crippen LogP) is 4.12. The molecule has 2 unspecified atom stereocenters. The SMILES string of the molecule is CCC1=CC(CC)(CC(C=CC(C)=O)CC)OC1=CC(=O)OC. The van der Waals surface area contributed by atoms with Crippen LogP contribution in [0.3, 0.4) is 0 Å². The molecule has 0 saturated heterocycles. The fraction of sp³-hybridized carbons (Fsp3) is 0.579. The Labute approximate surface area is 139 Å². The lowest BCUT2D eigenvalue weighted by Crippen LogP contribution is -2.28. The third-order valence-electron chi connectivity index (χ3n) is 4.23. The molecule has 4 heteroatoms. The van der Waals surface area contributed by atoms with Gasteiger partial charge in [-0.05, 0) is 56.3 Å². The lowest BCUT2D eigenvalue weighted by molar-refractivity contribution is -0.135. The van der Waals surface area contributed by atoms with Crippen LogP contribution in [0.1, 0.15) is 53.4 Å². The second-order valence-electron chi connectivity index (χ2n) is 5.92. The van der Waals surface area contributed by atoms with Gasteiger partial charge in [0.05, 0.1) is 13.2 Å². The molecule has 1 aliphatic rings. The smallest absolute Gasteiger partial charge is 0.334 e. The topological polar surface area (TPSA) is 52.6 Å². The van der Waals surface area contributed by atoms with Crippen molar-refractivity contribution in [1.82, 2.24) is 0 Å². The molecule has 0 aromatic carbocycles. The van der Waals surface area contributed by atoms with Gasteiger partial charge < -0.3 is 9.47 Å². The zero-order valence-electron chi connectivity index (χ0n) is 14.8. The fourth-order valence-corrected chi connectivity index (χ4v) is 2.75. The molecule has 0 aromatic heterocycles. The van der Waals surface area contributed by atoms with Crippen LogP contribution in [0.5, 0.6) is 0 Å². The summed E-state index contributed by atoms with van der Waals surface area (Å²) < 4.78 is 10.9. The summed E-state index contributed by atoms with van der Waals surface area (Å²) in [4.78, 5) is 22.7. The van der Waals surface area contributed by atoms with E-state index in [1.54, 1.807) is 13.0 Å². The quantitative estimate of drug-likeness (QED) is 0.498. The van der Waals surface area contributed by atoms with Crippen LogP contribution in [0.15, 0.2) is 35.6 Å². The molecule has 1 heterocycles. The largest absolute Gasteiger partial charge is 0.483 e. The summed E-state index contributed by atoms with van der Waals surface area (Å²) in [6, 6.07) is 0. The van der Waals surface area contributed by atoms with Crippen LogP contribution in [0, 0.1) is 5.92 Å². The second-order valence-corrected chi connectivity index (χ2v) is 5.92. The van der Waals surface area contributed by atoms with Gasteiger partial charge in [0.1, 0.15) is 11.4 Å². The summed E-state index contributed by atoms with van der Waals surface area (Å²) in [6.07, 6.45) is 10.5. The number of ether oxygens (including phenoxy) is 2. The summed E-state index contributed by atoms with van der Waals surface area (Å²) in [6.45, 7) is 7.77. The molecule has 0 amide bonds. The molecule has 1 rings (SSSR count). The van der Waals surface area contributed by atoms with Crippen LogP contribution in [0.2, 0.25) is 0 Å². The molecule has 0 fully saturated rings. The number of carbonyl (C=O) groups is 2. The molecule has 0 aliphatic carbocycles. The number of hydrogen-bond acceptors (Lipinski definition) is 4. The first-order valence-corrected chi connectivity index (χ1v) is 8.29. The monoisotopic (exact) mass is 320 g/mol. The van der Waals surface area contributed by atoms with E-state index in [0.29, 0.717) is 5.76 Å². The van der Waals surface area contributed by atoms with Gasteiger partial charge in [-0.25, -0.2) is 4.79 Å². The number of rotatable bonds is 8. The normalized spacial score (nSPS) is 23.7. The first-order chi connectivity index (χ1) is 10.9. The number of allylic oxidation sites excluding steroid dienone is 3. The van der Waals surface area contributed by atoms with Crippen LogP contribution in [-0.2, 0) is 19.1 Å². The molecule has 0 radical (unpaired) electrons. The van der Waals surface area contributed by atoms with Crippen LogP contribution in [0.25, 0.3) is 0 Å². The molecular formula is C19H28O4. The van der Waals surface area contributed by atoms with Crippen molar-refractivity contribution in [3.63, 3.8) is 0 Å². The molecule has 2 atom stereocenters. The standard InChI is InChI=1S/C19H28O4/c1-6-15(10-9-14(4)20)12-19(8-3)13-16(7-2)17(23-19)11-18(21)22-5/h9-11,13,15H,6-8,12H2,1-5H3. The van der Waals surface area contributed by atoms with Crippen molar-refractivity contribution in [2.75, 3.05) is 7.11 Å². The minimum Gasteiger partial charge on any atom is -0.483 e. The van der Waals surface area contributed by atoms with Crippen molar-refractivity contribution < 1.29 is 19.1 Å². The number of esters is 1. The summed E-state index contributed by atoms with van der Waals surface area (Å²) in [7, 11) is 1.36. The number of methoxy groups -OCH3 is 1. The Morgan fingerprint density at radius 1 is 1.35 bits per heavy atom. The Morgan fingerprint density at radius 3 is 2.52 bits per heavy atom. The minimum atomic E-state index is -0.424. The van der Waals surface area contributed by atoms with E-state index in [1.807, 2.05) is 13.0 Å². The highest BCUT2D eigenvalue weighted by Crippen LogP contribution is 2.40. The van der Waals surface area contributed by atoms with E-state index in [2.05, 4.69) is 19.9 Å². The van der Waals surface area contributed by atoms with Crippen LogP contribution in [0.4, 0.5) is 0 Å². The highest BCUT2D eigenvalue weighted by atomic mass is 16.5. The summed E-state index contributed by atoms with van der Waals surface area (Å²) in [5.41, 5.74) is 0.607. The van der Waals surface area contributed by atoms with Gasteiger partial charge in [0.15, 0.2) is 5.78 Å². The van der Waals surface area contributed by atoms with Crippen LogP contribution in [-0.4, -0.2) is 24.5 Å². The third kappa shape index (κ3) is 5.38. The molecular weight excluding hydrogens is 292 g/mol. The van der Waals surface area contributed by atoms with Gasteiger partial charge >= 0.3 is 5.97 Å². The highest BCUT2D eigenvalue weighted by molar-refractivity contribution is 5.87. The van der Waals surface area contributed by atoms with Gasteiger partial charge in [-0.15, -0.1) is 0 Å². The number of carbonyl (C=O) groups excluding carboxylic acids is 2. The van der Waals surface area contributed by atoms with Crippen LogP contribution < -0.4 is 0 Å². The van der Waals surface area contributed by atoms with Crippen molar-refractivity contribution in [2.45, 2.75) is 59.0 Å². The van der Waals surface area contributed by atoms with Crippen molar-refractivity contribution in [1.29, 1.82) is 0 Å². The van der Waals surface area contributed by atoms with Gasteiger partial charge in [0.25, 0.3) is 0 Å². The molecule has 23 heavy (non-hydrogen) atoms. The molecule has 0 bridgehead atoms. The maximum Gasteiger partial charge on any atom is 0.334 e. The Bertz CT molecular complexity index is 527. The van der Waals surface area contributed by atoms with Crippen LogP contribution >= 0.6 is 0 Å². The van der Waals surface area contributed by atoms with Gasteiger partial charge in [0, 0.05) is 0 Å². The molecule has 0 saturated carbocycles. The summed E-state index contributed by atoms with van der Waals surface area (Å²) >= 11 is 0. The van der Waals surface area contributed by atoms with E-state index in [0.717, 1.165) is 31.3 Å². The fourth-order valence-electron chi connectivity index (χ4n) is 2.75. The first-order valence-electron chi connectivity index (χ1n) is 8.29. The Balaban J connectivity index is 3.01. The molecule has 0 spiro atoms. The van der Waals surface area contributed by atoms with Gasteiger partial charge in [0.2, 0.25) is 0 Å². The maximum absolute atomic E-state index is 11.5. The zero-order chi connectivity index (χ0) is 17.5. The van der Waals surface area contributed by atoms with E-state index < -0.39 is 11.6 Å². The average Bonchev–Trinajstić information content (AvgIpc) is 2.89. The number of ketones is 1. The molecule has 0 aromatic rings. The van der Waals surface area contributed by atoms with E-state index in [4.69, 9.17) is 9.47 Å². The van der Waals surface area contributed by atoms with Crippen molar-refractivity contribution in [3.8, 4) is 0 Å². The Morgan fingerprint density at radius 2 is 2.04 bits per heavy atom. The van der Waals surface area contributed by atoms with E-state index in [1.165, 1.54) is 13.2 Å². The van der Waals surface area contributed by atoms with Gasteiger partial charge in [-0.1, -0.05) is 26.8 Å². The lowest BCUT2D eigenvalue weighted by atomic mass is 9.86. The molecule has 1 aliphatic heterocycles. The summed E-state index contributed by atoms with van der Waals surface area (Å²) in [5.74, 6) is 0.504. The maximum atomic E-state index is 11.5. The van der Waals surface area contributed by atoms with E-state index in [-0.39, 0.29) is 11.7 Å². The zero-order valence-corrected chi connectivity index (χ0v) is 14.8. The van der Waals surface area contributed by atoms with Gasteiger partial charge in [-0.2, -0.15) is 0 Å². The predicted molar refractivity (Wildman–Crippen MR) is 90.8 cm³/mol. The Hall–Kier alpha value is -1.84. The molecule has 128 valence electrons.